The Morgan fingerprint density at radius 1 is 1.07 bits per heavy atom. The Kier molecular flexibility index (Phi) is 5.69. The number of ether oxygens (including phenoxy) is 1. The third kappa shape index (κ3) is 4.31. The van der Waals surface area contributed by atoms with Crippen molar-refractivity contribution in [2.75, 3.05) is 37.0 Å². The summed E-state index contributed by atoms with van der Waals surface area (Å²) >= 11 is 1.74. The summed E-state index contributed by atoms with van der Waals surface area (Å²) < 4.78 is 7.67. The predicted molar refractivity (Wildman–Crippen MR) is 108 cm³/mol. The fourth-order valence-electron chi connectivity index (χ4n) is 3.13. The molecule has 7 heteroatoms. The van der Waals surface area contributed by atoms with Gasteiger partial charge in [0.05, 0.1) is 18.9 Å². The van der Waals surface area contributed by atoms with Crippen molar-refractivity contribution in [2.45, 2.75) is 18.5 Å². The molecular weight excluding hydrogens is 358 g/mol. The molecular formula is C20H23N5OS. The third-order valence-electron chi connectivity index (χ3n) is 4.54. The summed E-state index contributed by atoms with van der Waals surface area (Å²) in [5.74, 6) is 1.84. The van der Waals surface area contributed by atoms with Crippen molar-refractivity contribution in [3.8, 4) is 5.69 Å². The lowest BCUT2D eigenvalue weighted by Crippen LogP contribution is -2.37. The molecule has 1 aliphatic rings. The van der Waals surface area contributed by atoms with Crippen LogP contribution in [0.25, 0.3) is 5.69 Å². The number of nitrogens with zero attached hydrogens (tertiary/aromatic N) is 5. The van der Waals surface area contributed by atoms with E-state index in [1.165, 1.54) is 11.1 Å². The first-order valence-corrected chi connectivity index (χ1v) is 10.2. The van der Waals surface area contributed by atoms with Crippen LogP contribution >= 0.6 is 11.8 Å². The molecule has 3 heterocycles. The highest BCUT2D eigenvalue weighted by Crippen LogP contribution is 2.28. The molecule has 6 nitrogen and oxygen atoms in total. The maximum Gasteiger partial charge on any atom is 0.232 e. The number of morpholine rings is 1. The fourth-order valence-corrected chi connectivity index (χ4v) is 4.06. The highest BCUT2D eigenvalue weighted by molar-refractivity contribution is 7.99. The van der Waals surface area contributed by atoms with Crippen LogP contribution in [0.2, 0.25) is 0 Å². The second-order valence-corrected chi connectivity index (χ2v) is 7.57. The SMILES string of the molecule is Cc1cccc(-n2c(SCCc3ccncc3)nnc2N2CCOCC2)c1. The first kappa shape index (κ1) is 18.0. The molecule has 2 aromatic heterocycles. The van der Waals surface area contributed by atoms with Crippen molar-refractivity contribution in [1.82, 2.24) is 19.7 Å². The molecule has 1 fully saturated rings. The molecule has 0 bridgehead atoms. The van der Waals surface area contributed by atoms with Crippen LogP contribution in [-0.2, 0) is 11.2 Å². The van der Waals surface area contributed by atoms with Crippen molar-refractivity contribution in [3.63, 3.8) is 0 Å². The van der Waals surface area contributed by atoms with Gasteiger partial charge < -0.3 is 9.64 Å². The maximum absolute atomic E-state index is 5.50. The summed E-state index contributed by atoms with van der Waals surface area (Å²) in [6, 6.07) is 12.6. The fraction of sp³-hybridized carbons (Fsp3) is 0.350. The average molecular weight is 382 g/mol. The smallest absolute Gasteiger partial charge is 0.232 e. The Morgan fingerprint density at radius 3 is 2.67 bits per heavy atom. The van der Waals surface area contributed by atoms with Gasteiger partial charge in [-0.05, 0) is 48.7 Å². The second-order valence-electron chi connectivity index (χ2n) is 6.51. The minimum Gasteiger partial charge on any atom is -0.378 e. The topological polar surface area (TPSA) is 56.1 Å². The van der Waals surface area contributed by atoms with Gasteiger partial charge in [-0.15, -0.1) is 10.2 Å². The van der Waals surface area contributed by atoms with Gasteiger partial charge in [-0.1, -0.05) is 23.9 Å². The summed E-state index contributed by atoms with van der Waals surface area (Å²) in [7, 11) is 0. The minimum absolute atomic E-state index is 0.727. The first-order chi connectivity index (χ1) is 13.3. The van der Waals surface area contributed by atoms with Gasteiger partial charge in [0.15, 0.2) is 5.16 Å². The van der Waals surface area contributed by atoms with Gasteiger partial charge in [-0.3, -0.25) is 9.55 Å². The molecule has 0 radical (unpaired) electrons. The van der Waals surface area contributed by atoms with Gasteiger partial charge in [0.25, 0.3) is 0 Å². The molecule has 0 spiro atoms. The lowest BCUT2D eigenvalue weighted by atomic mass is 10.2. The maximum atomic E-state index is 5.50. The van der Waals surface area contributed by atoms with Gasteiger partial charge in [0, 0.05) is 31.2 Å². The highest BCUT2D eigenvalue weighted by atomic mass is 32.2. The standard InChI is InChI=1S/C20H23N5OS/c1-16-3-2-4-18(15-16)25-19(24-10-12-26-13-11-24)22-23-20(25)27-14-7-17-5-8-21-9-6-17/h2-6,8-9,15H,7,10-14H2,1H3. The summed E-state index contributed by atoms with van der Waals surface area (Å²) in [4.78, 5) is 6.34. The summed E-state index contributed by atoms with van der Waals surface area (Å²) in [5.41, 5.74) is 3.61. The van der Waals surface area contributed by atoms with Gasteiger partial charge >= 0.3 is 0 Å². The Labute approximate surface area is 163 Å². The lowest BCUT2D eigenvalue weighted by Gasteiger charge is -2.28. The number of thioether (sulfide) groups is 1. The Balaban J connectivity index is 1.59. The second kappa shape index (κ2) is 8.54. The highest BCUT2D eigenvalue weighted by Gasteiger charge is 2.21. The van der Waals surface area contributed by atoms with Crippen molar-refractivity contribution >= 4 is 17.7 Å². The number of hydrogen-bond donors (Lipinski definition) is 0. The van der Waals surface area contributed by atoms with Crippen LogP contribution in [0.5, 0.6) is 0 Å². The van der Waals surface area contributed by atoms with E-state index in [1.807, 2.05) is 12.4 Å². The third-order valence-corrected chi connectivity index (χ3v) is 5.47. The normalized spacial score (nSPS) is 14.5. The summed E-state index contributed by atoms with van der Waals surface area (Å²) in [6.45, 7) is 5.24. The van der Waals surface area contributed by atoms with E-state index in [9.17, 15) is 0 Å². The number of benzene rings is 1. The molecule has 140 valence electrons. The number of pyridine rings is 1. The van der Waals surface area contributed by atoms with Crippen LogP contribution in [0, 0.1) is 6.92 Å². The van der Waals surface area contributed by atoms with E-state index in [0.717, 1.165) is 55.3 Å². The Morgan fingerprint density at radius 2 is 1.89 bits per heavy atom. The van der Waals surface area contributed by atoms with E-state index in [2.05, 4.69) is 68.0 Å². The molecule has 0 saturated carbocycles. The molecule has 3 aromatic rings. The molecule has 4 rings (SSSR count). The zero-order valence-electron chi connectivity index (χ0n) is 15.4. The van der Waals surface area contributed by atoms with Crippen LogP contribution < -0.4 is 4.90 Å². The number of aromatic nitrogens is 4. The Bertz CT molecular complexity index is 877. The number of hydrogen-bond acceptors (Lipinski definition) is 6. The van der Waals surface area contributed by atoms with Crippen LogP contribution in [0.3, 0.4) is 0 Å². The number of anilines is 1. The van der Waals surface area contributed by atoms with E-state index in [0.29, 0.717) is 0 Å². The molecule has 1 saturated heterocycles. The molecule has 0 N–H and O–H groups in total. The minimum atomic E-state index is 0.727. The van der Waals surface area contributed by atoms with Crippen molar-refractivity contribution in [2.24, 2.45) is 0 Å². The van der Waals surface area contributed by atoms with Gasteiger partial charge in [0.2, 0.25) is 5.95 Å². The monoisotopic (exact) mass is 381 g/mol. The van der Waals surface area contributed by atoms with Gasteiger partial charge in [0.1, 0.15) is 0 Å². The number of aryl methyl sites for hydroxylation is 2. The quantitative estimate of drug-likeness (QED) is 0.612. The molecule has 0 aliphatic carbocycles. The van der Waals surface area contributed by atoms with Crippen molar-refractivity contribution in [1.29, 1.82) is 0 Å². The van der Waals surface area contributed by atoms with E-state index in [1.54, 1.807) is 11.8 Å². The predicted octanol–water partition coefficient (Wildman–Crippen LogP) is 3.14. The lowest BCUT2D eigenvalue weighted by molar-refractivity contribution is 0.122. The van der Waals surface area contributed by atoms with Crippen LogP contribution in [0.15, 0.2) is 53.9 Å². The van der Waals surface area contributed by atoms with E-state index >= 15 is 0 Å². The molecule has 0 amide bonds. The summed E-state index contributed by atoms with van der Waals surface area (Å²) in [6.07, 6.45) is 4.65. The van der Waals surface area contributed by atoms with E-state index in [4.69, 9.17) is 4.74 Å². The molecule has 0 unspecified atom stereocenters. The molecule has 1 aliphatic heterocycles. The van der Waals surface area contributed by atoms with Gasteiger partial charge in [-0.2, -0.15) is 0 Å². The summed E-state index contributed by atoms with van der Waals surface area (Å²) in [5, 5.41) is 9.96. The Hall–Kier alpha value is -2.38. The van der Waals surface area contributed by atoms with E-state index < -0.39 is 0 Å². The largest absolute Gasteiger partial charge is 0.378 e. The average Bonchev–Trinajstić information content (AvgIpc) is 3.13. The van der Waals surface area contributed by atoms with Crippen molar-refractivity contribution in [3.05, 3.63) is 59.9 Å². The van der Waals surface area contributed by atoms with Crippen LogP contribution in [-0.4, -0.2) is 51.8 Å². The van der Waals surface area contributed by atoms with Crippen LogP contribution in [0.4, 0.5) is 5.95 Å². The van der Waals surface area contributed by atoms with Crippen molar-refractivity contribution < 1.29 is 4.74 Å². The zero-order chi connectivity index (χ0) is 18.5. The molecule has 1 aromatic carbocycles. The number of rotatable bonds is 6. The van der Waals surface area contributed by atoms with E-state index in [-0.39, 0.29) is 0 Å². The first-order valence-electron chi connectivity index (χ1n) is 9.18. The molecule has 27 heavy (non-hydrogen) atoms. The van der Waals surface area contributed by atoms with Crippen LogP contribution in [0.1, 0.15) is 11.1 Å². The van der Waals surface area contributed by atoms with Gasteiger partial charge in [-0.25, -0.2) is 0 Å². The zero-order valence-corrected chi connectivity index (χ0v) is 16.2. The molecule has 0 atom stereocenters.